The van der Waals surface area contributed by atoms with E-state index in [1.807, 2.05) is 0 Å². The number of hydrogen-bond donors (Lipinski definition) is 2. The summed E-state index contributed by atoms with van der Waals surface area (Å²) >= 11 is 0. The third kappa shape index (κ3) is 5.58. The Morgan fingerprint density at radius 1 is 0.839 bits per heavy atom. The summed E-state index contributed by atoms with van der Waals surface area (Å²) in [6.07, 6.45) is 0. The average molecular weight is 462 g/mol. The maximum absolute atomic E-state index is 12.8. The van der Waals surface area contributed by atoms with Crippen LogP contribution < -0.4 is 9.44 Å². The maximum atomic E-state index is 12.8. The van der Waals surface area contributed by atoms with Gasteiger partial charge in [0.05, 0.1) is 26.9 Å². The molecule has 3 aromatic rings. The Morgan fingerprint density at radius 2 is 1.48 bits per heavy atom. The number of nitro benzene ring substituents is 1. The molecule has 0 unspecified atom stereocenters. The number of hydrogen-bond acceptors (Lipinski definition) is 6. The number of nitrogens with one attached hydrogen (secondary N) is 2. The Bertz CT molecular complexity index is 1320. The summed E-state index contributed by atoms with van der Waals surface area (Å²) in [5.41, 5.74) is 0.217. The van der Waals surface area contributed by atoms with E-state index in [9.17, 15) is 26.9 Å². The number of sulfonamides is 2. The van der Waals surface area contributed by atoms with Crippen molar-refractivity contribution in [2.24, 2.45) is 0 Å². The fraction of sp³-hybridized carbons (Fsp3) is 0.100. The highest BCUT2D eigenvalue weighted by Crippen LogP contribution is 2.31. The summed E-state index contributed by atoms with van der Waals surface area (Å²) in [5, 5.41) is 11.2. The molecule has 0 fully saturated rings. The fourth-order valence-electron chi connectivity index (χ4n) is 2.87. The molecule has 0 aliphatic heterocycles. The van der Waals surface area contributed by atoms with Gasteiger partial charge in [-0.25, -0.2) is 16.8 Å². The number of nitrogens with zero attached hydrogens (tertiary/aromatic N) is 1. The second-order valence-corrected chi connectivity index (χ2v) is 10.1. The Morgan fingerprint density at radius 3 is 2.13 bits per heavy atom. The van der Waals surface area contributed by atoms with E-state index in [1.165, 1.54) is 6.07 Å². The van der Waals surface area contributed by atoms with E-state index in [1.54, 1.807) is 55.5 Å². The van der Waals surface area contributed by atoms with Crippen LogP contribution in [0.15, 0.2) is 77.7 Å². The third-order valence-corrected chi connectivity index (χ3v) is 7.08. The van der Waals surface area contributed by atoms with E-state index >= 15 is 0 Å². The lowest BCUT2D eigenvalue weighted by Gasteiger charge is -2.15. The maximum Gasteiger partial charge on any atom is 0.271 e. The molecular weight excluding hydrogens is 442 g/mol. The van der Waals surface area contributed by atoms with Crippen molar-refractivity contribution in [3.8, 4) is 0 Å². The van der Waals surface area contributed by atoms with Crippen molar-refractivity contribution in [3.63, 3.8) is 0 Å². The van der Waals surface area contributed by atoms with Crippen molar-refractivity contribution in [2.45, 2.75) is 17.6 Å². The van der Waals surface area contributed by atoms with Crippen molar-refractivity contribution in [2.75, 3.05) is 9.44 Å². The predicted molar refractivity (Wildman–Crippen MR) is 118 cm³/mol. The summed E-state index contributed by atoms with van der Waals surface area (Å²) in [7, 11) is -8.06. The Hall–Kier alpha value is -3.44. The highest BCUT2D eigenvalue weighted by molar-refractivity contribution is 7.93. The van der Waals surface area contributed by atoms with Crippen LogP contribution in [-0.4, -0.2) is 21.8 Å². The number of benzene rings is 3. The normalized spacial score (nSPS) is 11.6. The van der Waals surface area contributed by atoms with E-state index < -0.39 is 30.7 Å². The molecule has 3 rings (SSSR count). The molecule has 0 heterocycles. The summed E-state index contributed by atoms with van der Waals surface area (Å²) in [5.74, 6) is -0.388. The number of nitro groups is 1. The molecule has 0 bridgehead atoms. The molecule has 0 aliphatic carbocycles. The third-order valence-electron chi connectivity index (χ3n) is 4.31. The SMILES string of the molecule is Cc1ccccc1S(=O)(=O)Nc1ccc([N+](=O)[O-])cc1NS(=O)(=O)Cc1ccccc1. The lowest BCUT2D eigenvalue weighted by atomic mass is 10.2. The van der Waals surface area contributed by atoms with Gasteiger partial charge in [-0.3, -0.25) is 19.6 Å². The average Bonchev–Trinajstić information content (AvgIpc) is 2.69. The first-order valence-electron chi connectivity index (χ1n) is 8.99. The van der Waals surface area contributed by atoms with Gasteiger partial charge in [0.2, 0.25) is 10.0 Å². The van der Waals surface area contributed by atoms with Crippen LogP contribution in [0.3, 0.4) is 0 Å². The van der Waals surface area contributed by atoms with Gasteiger partial charge < -0.3 is 0 Å². The lowest BCUT2D eigenvalue weighted by molar-refractivity contribution is -0.384. The highest BCUT2D eigenvalue weighted by atomic mass is 32.2. The molecule has 0 saturated heterocycles. The lowest BCUT2D eigenvalue weighted by Crippen LogP contribution is -2.19. The van der Waals surface area contributed by atoms with Crippen LogP contribution in [0, 0.1) is 17.0 Å². The second-order valence-electron chi connectivity index (χ2n) is 6.70. The van der Waals surface area contributed by atoms with Crippen LogP contribution in [0.1, 0.15) is 11.1 Å². The largest absolute Gasteiger partial charge is 0.281 e. The quantitative estimate of drug-likeness (QED) is 0.388. The summed E-state index contributed by atoms with van der Waals surface area (Å²) in [4.78, 5) is 10.5. The van der Waals surface area contributed by atoms with Crippen LogP contribution in [-0.2, 0) is 25.8 Å². The molecular formula is C20H19N3O6S2. The molecule has 0 aliphatic rings. The van der Waals surface area contributed by atoms with Crippen LogP contribution >= 0.6 is 0 Å². The van der Waals surface area contributed by atoms with Gasteiger partial charge in [0.15, 0.2) is 0 Å². The van der Waals surface area contributed by atoms with Gasteiger partial charge >= 0.3 is 0 Å². The zero-order valence-electron chi connectivity index (χ0n) is 16.3. The second kappa shape index (κ2) is 8.74. The van der Waals surface area contributed by atoms with Crippen LogP contribution in [0.25, 0.3) is 0 Å². The first kappa shape index (κ1) is 22.2. The Balaban J connectivity index is 1.98. The summed E-state index contributed by atoms with van der Waals surface area (Å²) < 4.78 is 55.5. The van der Waals surface area contributed by atoms with Gasteiger partial charge in [-0.15, -0.1) is 0 Å². The zero-order chi connectivity index (χ0) is 22.6. The minimum absolute atomic E-state index is 0.00597. The smallest absolute Gasteiger partial charge is 0.271 e. The molecule has 162 valence electrons. The van der Waals surface area contributed by atoms with Gasteiger partial charge in [0, 0.05) is 12.1 Å². The van der Waals surface area contributed by atoms with Crippen LogP contribution in [0.2, 0.25) is 0 Å². The number of non-ortho nitro benzene ring substituents is 1. The zero-order valence-corrected chi connectivity index (χ0v) is 18.0. The van der Waals surface area contributed by atoms with E-state index in [4.69, 9.17) is 0 Å². The van der Waals surface area contributed by atoms with E-state index in [0.717, 1.165) is 18.2 Å². The van der Waals surface area contributed by atoms with E-state index in [2.05, 4.69) is 9.44 Å². The Labute approximate surface area is 180 Å². The van der Waals surface area contributed by atoms with Crippen molar-refractivity contribution < 1.29 is 21.8 Å². The Kier molecular flexibility index (Phi) is 6.27. The molecule has 3 aromatic carbocycles. The van der Waals surface area contributed by atoms with Gasteiger partial charge in [0.25, 0.3) is 15.7 Å². The molecule has 9 nitrogen and oxygen atoms in total. The molecule has 2 N–H and O–H groups in total. The highest BCUT2D eigenvalue weighted by Gasteiger charge is 2.22. The van der Waals surface area contributed by atoms with Gasteiger partial charge in [-0.2, -0.15) is 0 Å². The monoisotopic (exact) mass is 461 g/mol. The minimum atomic E-state index is -4.07. The van der Waals surface area contributed by atoms with Crippen LogP contribution in [0.4, 0.5) is 17.1 Å². The molecule has 0 aromatic heterocycles. The minimum Gasteiger partial charge on any atom is -0.281 e. The fourth-order valence-corrected chi connectivity index (χ4v) is 5.41. The number of rotatable bonds is 8. The molecule has 0 saturated carbocycles. The molecule has 31 heavy (non-hydrogen) atoms. The number of aryl methyl sites for hydroxylation is 1. The topological polar surface area (TPSA) is 135 Å². The van der Waals surface area contributed by atoms with Crippen molar-refractivity contribution in [1.29, 1.82) is 0 Å². The van der Waals surface area contributed by atoms with Crippen LogP contribution in [0.5, 0.6) is 0 Å². The van der Waals surface area contributed by atoms with Crippen molar-refractivity contribution in [3.05, 3.63) is 94.0 Å². The van der Waals surface area contributed by atoms with Gasteiger partial charge in [-0.05, 0) is 30.2 Å². The molecule has 0 radical (unpaired) electrons. The molecule has 0 spiro atoms. The van der Waals surface area contributed by atoms with Crippen molar-refractivity contribution in [1.82, 2.24) is 0 Å². The number of anilines is 2. The summed E-state index contributed by atoms with van der Waals surface area (Å²) in [6.45, 7) is 1.62. The summed E-state index contributed by atoms with van der Waals surface area (Å²) in [6, 6.07) is 17.8. The van der Waals surface area contributed by atoms with E-state index in [0.29, 0.717) is 11.1 Å². The predicted octanol–water partition coefficient (Wildman–Crippen LogP) is 3.65. The van der Waals surface area contributed by atoms with Gasteiger partial charge in [0.1, 0.15) is 0 Å². The van der Waals surface area contributed by atoms with Gasteiger partial charge in [-0.1, -0.05) is 48.5 Å². The standard InChI is InChI=1S/C20H19N3O6S2/c1-15-7-5-6-10-20(15)31(28,29)22-18-12-11-17(23(24)25)13-19(18)21-30(26,27)14-16-8-3-2-4-9-16/h2-13,21-22H,14H2,1H3. The van der Waals surface area contributed by atoms with Crippen molar-refractivity contribution >= 4 is 37.1 Å². The first-order chi connectivity index (χ1) is 14.6. The molecule has 11 heteroatoms. The molecule has 0 amide bonds. The first-order valence-corrected chi connectivity index (χ1v) is 12.1. The molecule has 0 atom stereocenters. The van der Waals surface area contributed by atoms with E-state index in [-0.39, 0.29) is 22.0 Å².